The van der Waals surface area contributed by atoms with Crippen molar-refractivity contribution in [1.82, 2.24) is 4.90 Å². The molecule has 1 N–H and O–H groups in total. The quantitative estimate of drug-likeness (QED) is 0.823. The molecule has 0 heterocycles. The number of ether oxygens (including phenoxy) is 1. The normalized spacial score (nSPS) is 13.1. The Labute approximate surface area is 117 Å². The van der Waals surface area contributed by atoms with Gasteiger partial charge in [-0.15, -0.1) is 0 Å². The molecule has 1 atom stereocenters. The van der Waals surface area contributed by atoms with Crippen LogP contribution < -0.4 is 4.74 Å². The summed E-state index contributed by atoms with van der Waals surface area (Å²) in [6.45, 7) is 8.38. The number of aliphatic hydroxyl groups excluding tert-OH is 1. The van der Waals surface area contributed by atoms with Crippen LogP contribution in [0.4, 0.5) is 0 Å². The molecule has 1 aromatic carbocycles. The Bertz CT molecular complexity index is 390. The topological polar surface area (TPSA) is 32.7 Å². The molecule has 0 aliphatic rings. The van der Waals surface area contributed by atoms with E-state index in [2.05, 4.69) is 44.9 Å². The summed E-state index contributed by atoms with van der Waals surface area (Å²) < 4.78 is 5.40. The lowest BCUT2D eigenvalue weighted by Crippen LogP contribution is -2.30. The highest BCUT2D eigenvalue weighted by Gasteiger charge is 2.15. The second-order valence-electron chi connectivity index (χ2n) is 5.70. The minimum absolute atomic E-state index is 0.243. The van der Waals surface area contributed by atoms with E-state index in [1.165, 1.54) is 11.1 Å². The van der Waals surface area contributed by atoms with Crippen LogP contribution in [0.5, 0.6) is 5.75 Å². The average molecular weight is 265 g/mol. The van der Waals surface area contributed by atoms with Gasteiger partial charge in [-0.2, -0.15) is 0 Å². The van der Waals surface area contributed by atoms with Crippen LogP contribution in [0.1, 0.15) is 25.0 Å². The highest BCUT2D eigenvalue weighted by Crippen LogP contribution is 2.22. The van der Waals surface area contributed by atoms with Crippen molar-refractivity contribution in [3.05, 3.63) is 29.3 Å². The lowest BCUT2D eigenvalue weighted by Gasteiger charge is -2.26. The molecule has 0 saturated heterocycles. The number of nitrogens with zero attached hydrogens (tertiary/aromatic N) is 1. The summed E-state index contributed by atoms with van der Waals surface area (Å²) in [5, 5.41) is 9.40. The van der Waals surface area contributed by atoms with E-state index in [0.717, 1.165) is 18.8 Å². The van der Waals surface area contributed by atoms with E-state index >= 15 is 0 Å². The van der Waals surface area contributed by atoms with Crippen LogP contribution in [0.15, 0.2) is 18.2 Å². The van der Waals surface area contributed by atoms with Crippen molar-refractivity contribution in [2.75, 3.05) is 27.3 Å². The molecule has 0 aliphatic heterocycles. The second kappa shape index (κ2) is 7.51. The third-order valence-electron chi connectivity index (χ3n) is 3.60. The fourth-order valence-electron chi connectivity index (χ4n) is 2.27. The molecule has 1 aromatic rings. The van der Waals surface area contributed by atoms with Gasteiger partial charge in [0.1, 0.15) is 5.75 Å². The van der Waals surface area contributed by atoms with Crippen molar-refractivity contribution in [3.63, 3.8) is 0 Å². The summed E-state index contributed by atoms with van der Waals surface area (Å²) in [7, 11) is 3.80. The van der Waals surface area contributed by atoms with E-state index in [4.69, 9.17) is 4.74 Å². The van der Waals surface area contributed by atoms with Crippen molar-refractivity contribution < 1.29 is 9.84 Å². The van der Waals surface area contributed by atoms with E-state index < -0.39 is 0 Å². The molecular weight excluding hydrogens is 238 g/mol. The predicted octanol–water partition coefficient (Wildman–Crippen LogP) is 2.70. The van der Waals surface area contributed by atoms with Gasteiger partial charge < -0.3 is 14.7 Å². The molecule has 19 heavy (non-hydrogen) atoms. The number of methoxy groups -OCH3 is 1. The minimum atomic E-state index is 0.243. The summed E-state index contributed by atoms with van der Waals surface area (Å²) in [6.07, 6.45) is 0. The number of aliphatic hydroxyl groups is 1. The van der Waals surface area contributed by atoms with Gasteiger partial charge >= 0.3 is 0 Å². The number of hydrogen-bond acceptors (Lipinski definition) is 3. The van der Waals surface area contributed by atoms with Crippen molar-refractivity contribution >= 4 is 0 Å². The fraction of sp³-hybridized carbons (Fsp3) is 0.625. The van der Waals surface area contributed by atoms with E-state index in [1.54, 1.807) is 7.11 Å². The molecule has 0 radical (unpaired) electrons. The first-order valence-corrected chi connectivity index (χ1v) is 6.90. The van der Waals surface area contributed by atoms with Gasteiger partial charge in [0.05, 0.1) is 7.11 Å². The Balaban J connectivity index is 2.70. The minimum Gasteiger partial charge on any atom is -0.496 e. The summed E-state index contributed by atoms with van der Waals surface area (Å²) in [6, 6.07) is 6.25. The maximum atomic E-state index is 9.40. The summed E-state index contributed by atoms with van der Waals surface area (Å²) in [5.41, 5.74) is 2.44. The molecule has 0 aromatic heterocycles. The first kappa shape index (κ1) is 16.0. The molecule has 0 fully saturated rings. The van der Waals surface area contributed by atoms with Crippen molar-refractivity contribution in [2.45, 2.75) is 27.3 Å². The van der Waals surface area contributed by atoms with Gasteiger partial charge in [0.2, 0.25) is 0 Å². The van der Waals surface area contributed by atoms with Crippen LogP contribution in [0, 0.1) is 18.8 Å². The predicted molar refractivity (Wildman–Crippen MR) is 79.5 cm³/mol. The van der Waals surface area contributed by atoms with Crippen LogP contribution in [0.3, 0.4) is 0 Å². The molecule has 3 heteroatoms. The van der Waals surface area contributed by atoms with Crippen LogP contribution in [-0.2, 0) is 6.54 Å². The first-order valence-electron chi connectivity index (χ1n) is 6.90. The highest BCUT2D eigenvalue weighted by molar-refractivity contribution is 5.36. The van der Waals surface area contributed by atoms with Crippen LogP contribution in [-0.4, -0.2) is 37.3 Å². The molecule has 0 amide bonds. The first-order chi connectivity index (χ1) is 8.97. The lowest BCUT2D eigenvalue weighted by atomic mass is 9.96. The lowest BCUT2D eigenvalue weighted by molar-refractivity contribution is 0.143. The Kier molecular flexibility index (Phi) is 6.32. The van der Waals surface area contributed by atoms with Gasteiger partial charge in [0.15, 0.2) is 0 Å². The van der Waals surface area contributed by atoms with E-state index in [-0.39, 0.29) is 6.61 Å². The Morgan fingerprint density at radius 3 is 2.53 bits per heavy atom. The zero-order valence-electron chi connectivity index (χ0n) is 12.8. The SMILES string of the molecule is COc1ccc(C)cc1CN(C)CC(CO)C(C)C. The van der Waals surface area contributed by atoms with E-state index in [9.17, 15) is 5.11 Å². The van der Waals surface area contributed by atoms with Gasteiger partial charge in [-0.3, -0.25) is 0 Å². The second-order valence-corrected chi connectivity index (χ2v) is 5.70. The molecule has 0 aliphatic carbocycles. The number of rotatable bonds is 7. The van der Waals surface area contributed by atoms with Gasteiger partial charge in [-0.1, -0.05) is 31.5 Å². The van der Waals surface area contributed by atoms with Gasteiger partial charge in [0, 0.05) is 25.3 Å². The van der Waals surface area contributed by atoms with E-state index in [1.807, 2.05) is 6.07 Å². The summed E-state index contributed by atoms with van der Waals surface area (Å²) >= 11 is 0. The molecule has 0 bridgehead atoms. The Morgan fingerprint density at radius 2 is 2.00 bits per heavy atom. The number of aryl methyl sites for hydroxylation is 1. The van der Waals surface area contributed by atoms with Crippen LogP contribution in [0.2, 0.25) is 0 Å². The third kappa shape index (κ3) is 4.84. The standard InChI is InChI=1S/C16H27NO2/c1-12(2)15(11-18)10-17(4)9-14-8-13(3)6-7-16(14)19-5/h6-8,12,15,18H,9-11H2,1-5H3. The van der Waals surface area contributed by atoms with Crippen LogP contribution in [0.25, 0.3) is 0 Å². The molecule has 0 saturated carbocycles. The van der Waals surface area contributed by atoms with Gasteiger partial charge in [-0.05, 0) is 31.9 Å². The van der Waals surface area contributed by atoms with Crippen LogP contribution >= 0.6 is 0 Å². The average Bonchev–Trinajstić information content (AvgIpc) is 2.35. The Hall–Kier alpha value is -1.06. The molecule has 1 rings (SSSR count). The zero-order valence-corrected chi connectivity index (χ0v) is 12.8. The summed E-state index contributed by atoms with van der Waals surface area (Å²) in [4.78, 5) is 2.25. The number of benzene rings is 1. The maximum Gasteiger partial charge on any atom is 0.123 e. The van der Waals surface area contributed by atoms with Gasteiger partial charge in [-0.25, -0.2) is 0 Å². The van der Waals surface area contributed by atoms with Crippen molar-refractivity contribution in [2.24, 2.45) is 11.8 Å². The smallest absolute Gasteiger partial charge is 0.123 e. The maximum absolute atomic E-state index is 9.40. The number of hydrogen-bond donors (Lipinski definition) is 1. The molecule has 3 nitrogen and oxygen atoms in total. The Morgan fingerprint density at radius 1 is 1.32 bits per heavy atom. The molecule has 1 unspecified atom stereocenters. The third-order valence-corrected chi connectivity index (χ3v) is 3.60. The van der Waals surface area contributed by atoms with Crippen molar-refractivity contribution in [1.29, 1.82) is 0 Å². The highest BCUT2D eigenvalue weighted by atomic mass is 16.5. The molecule has 108 valence electrons. The van der Waals surface area contributed by atoms with Gasteiger partial charge in [0.25, 0.3) is 0 Å². The fourth-order valence-corrected chi connectivity index (χ4v) is 2.27. The summed E-state index contributed by atoms with van der Waals surface area (Å²) in [5.74, 6) is 1.75. The van der Waals surface area contributed by atoms with E-state index in [0.29, 0.717) is 11.8 Å². The zero-order chi connectivity index (χ0) is 14.4. The monoisotopic (exact) mass is 265 g/mol. The largest absolute Gasteiger partial charge is 0.496 e. The molecular formula is C16H27NO2. The molecule has 0 spiro atoms. The van der Waals surface area contributed by atoms with Crippen molar-refractivity contribution in [3.8, 4) is 5.75 Å².